The van der Waals surface area contributed by atoms with Gasteiger partial charge in [0.1, 0.15) is 12.7 Å². The highest BCUT2D eigenvalue weighted by atomic mass is 16.6. The molecule has 2 rings (SSSR count). The Balaban J connectivity index is 1.93. The van der Waals surface area contributed by atoms with E-state index in [1.54, 1.807) is 0 Å². The molecule has 0 unspecified atom stereocenters. The standard InChI is InChI=1S/C13H19NO2/c1-13(2,3)14-8-10-9-15-11-6-4-5-7-12(11)16-10/h4-7,10,14H,8-9H2,1-3H3/t10-/m0/s1. The molecule has 0 saturated carbocycles. The van der Waals surface area contributed by atoms with Crippen molar-refractivity contribution >= 4 is 0 Å². The fraction of sp³-hybridized carbons (Fsp3) is 0.538. The van der Waals surface area contributed by atoms with Crippen molar-refractivity contribution in [1.82, 2.24) is 5.32 Å². The molecule has 0 spiro atoms. The Morgan fingerprint density at radius 1 is 1.25 bits per heavy atom. The number of hydrogen-bond donors (Lipinski definition) is 1. The molecule has 1 atom stereocenters. The van der Waals surface area contributed by atoms with Gasteiger partial charge in [0, 0.05) is 12.1 Å². The first kappa shape index (κ1) is 11.3. The van der Waals surface area contributed by atoms with Gasteiger partial charge in [0.25, 0.3) is 0 Å². The first-order valence-electron chi connectivity index (χ1n) is 5.68. The van der Waals surface area contributed by atoms with Crippen molar-refractivity contribution < 1.29 is 9.47 Å². The summed E-state index contributed by atoms with van der Waals surface area (Å²) >= 11 is 0. The zero-order chi connectivity index (χ0) is 11.6. The molecule has 1 aliphatic heterocycles. The van der Waals surface area contributed by atoms with Crippen molar-refractivity contribution in [3.63, 3.8) is 0 Å². The normalized spacial score (nSPS) is 19.6. The number of fused-ring (bicyclic) bond motifs is 1. The van der Waals surface area contributed by atoms with Crippen LogP contribution in [0.5, 0.6) is 11.5 Å². The minimum Gasteiger partial charge on any atom is -0.486 e. The molecule has 1 aliphatic rings. The smallest absolute Gasteiger partial charge is 0.161 e. The molecule has 0 bridgehead atoms. The molecule has 0 radical (unpaired) electrons. The van der Waals surface area contributed by atoms with Crippen LogP contribution in [0.15, 0.2) is 24.3 Å². The summed E-state index contributed by atoms with van der Waals surface area (Å²) in [6, 6.07) is 7.79. The van der Waals surface area contributed by atoms with Crippen molar-refractivity contribution in [2.45, 2.75) is 32.4 Å². The van der Waals surface area contributed by atoms with Crippen molar-refractivity contribution in [2.24, 2.45) is 0 Å². The fourth-order valence-electron chi connectivity index (χ4n) is 1.58. The molecule has 3 heteroatoms. The third-order valence-electron chi connectivity index (χ3n) is 2.43. The van der Waals surface area contributed by atoms with Gasteiger partial charge in [-0.05, 0) is 32.9 Å². The number of nitrogens with one attached hydrogen (secondary N) is 1. The van der Waals surface area contributed by atoms with E-state index >= 15 is 0 Å². The van der Waals surface area contributed by atoms with Gasteiger partial charge < -0.3 is 14.8 Å². The number of ether oxygens (including phenoxy) is 2. The van der Waals surface area contributed by atoms with Gasteiger partial charge in [0.05, 0.1) is 0 Å². The number of benzene rings is 1. The van der Waals surface area contributed by atoms with Crippen LogP contribution in [0.2, 0.25) is 0 Å². The van der Waals surface area contributed by atoms with Crippen LogP contribution >= 0.6 is 0 Å². The molecule has 0 saturated heterocycles. The van der Waals surface area contributed by atoms with Gasteiger partial charge in [-0.15, -0.1) is 0 Å². The quantitative estimate of drug-likeness (QED) is 0.830. The minimum absolute atomic E-state index is 0.0918. The van der Waals surface area contributed by atoms with E-state index in [9.17, 15) is 0 Å². The topological polar surface area (TPSA) is 30.5 Å². The van der Waals surface area contributed by atoms with Crippen molar-refractivity contribution in [1.29, 1.82) is 0 Å². The zero-order valence-corrected chi connectivity index (χ0v) is 10.1. The number of para-hydroxylation sites is 2. The largest absolute Gasteiger partial charge is 0.486 e. The van der Waals surface area contributed by atoms with Crippen LogP contribution in [-0.4, -0.2) is 24.8 Å². The molecule has 1 aromatic carbocycles. The van der Waals surface area contributed by atoms with E-state index in [0.29, 0.717) is 6.61 Å². The molecule has 1 N–H and O–H groups in total. The van der Waals surface area contributed by atoms with Crippen LogP contribution in [0.1, 0.15) is 20.8 Å². The number of rotatable bonds is 2. The van der Waals surface area contributed by atoms with E-state index in [1.807, 2.05) is 24.3 Å². The molecule has 0 aromatic heterocycles. The predicted molar refractivity (Wildman–Crippen MR) is 64.1 cm³/mol. The van der Waals surface area contributed by atoms with E-state index in [4.69, 9.17) is 9.47 Å². The maximum absolute atomic E-state index is 5.84. The maximum Gasteiger partial charge on any atom is 0.161 e. The Hall–Kier alpha value is -1.22. The van der Waals surface area contributed by atoms with E-state index in [1.165, 1.54) is 0 Å². The molecule has 0 fully saturated rings. The summed E-state index contributed by atoms with van der Waals surface area (Å²) in [5.41, 5.74) is 0.111. The molecule has 3 nitrogen and oxygen atoms in total. The van der Waals surface area contributed by atoms with E-state index in [0.717, 1.165) is 18.0 Å². The Morgan fingerprint density at radius 2 is 1.94 bits per heavy atom. The van der Waals surface area contributed by atoms with Gasteiger partial charge in [-0.25, -0.2) is 0 Å². The summed E-state index contributed by atoms with van der Waals surface area (Å²) in [6.07, 6.45) is 0.0918. The summed E-state index contributed by atoms with van der Waals surface area (Å²) in [5.74, 6) is 1.68. The Labute approximate surface area is 96.8 Å². The molecule has 88 valence electrons. The SMILES string of the molecule is CC(C)(C)NC[C@H]1COc2ccccc2O1. The average Bonchev–Trinajstić information content (AvgIpc) is 2.25. The summed E-state index contributed by atoms with van der Waals surface area (Å²) in [7, 11) is 0. The van der Waals surface area contributed by atoms with Gasteiger partial charge in [0.15, 0.2) is 11.5 Å². The summed E-state index contributed by atoms with van der Waals surface area (Å²) in [5, 5.41) is 3.42. The highest BCUT2D eigenvalue weighted by Gasteiger charge is 2.21. The lowest BCUT2D eigenvalue weighted by Gasteiger charge is -2.29. The second-order valence-corrected chi connectivity index (χ2v) is 5.13. The Kier molecular flexibility index (Phi) is 3.06. The average molecular weight is 221 g/mol. The van der Waals surface area contributed by atoms with Crippen molar-refractivity contribution in [3.8, 4) is 11.5 Å². The van der Waals surface area contributed by atoms with E-state index < -0.39 is 0 Å². The summed E-state index contributed by atoms with van der Waals surface area (Å²) in [4.78, 5) is 0. The van der Waals surface area contributed by atoms with Crippen molar-refractivity contribution in [2.75, 3.05) is 13.2 Å². The fourth-order valence-corrected chi connectivity index (χ4v) is 1.58. The summed E-state index contributed by atoms with van der Waals surface area (Å²) in [6.45, 7) is 7.85. The van der Waals surface area contributed by atoms with Gasteiger partial charge in [-0.1, -0.05) is 12.1 Å². The molecule has 1 aromatic rings. The van der Waals surface area contributed by atoms with E-state index in [-0.39, 0.29) is 11.6 Å². The minimum atomic E-state index is 0.0918. The molecule has 1 heterocycles. The number of hydrogen-bond acceptors (Lipinski definition) is 3. The van der Waals surface area contributed by atoms with Gasteiger partial charge >= 0.3 is 0 Å². The third kappa shape index (κ3) is 2.89. The van der Waals surface area contributed by atoms with Crippen LogP contribution in [-0.2, 0) is 0 Å². The second-order valence-electron chi connectivity index (χ2n) is 5.13. The Bertz CT molecular complexity index is 357. The Morgan fingerprint density at radius 3 is 2.62 bits per heavy atom. The molecular formula is C13H19NO2. The lowest BCUT2D eigenvalue weighted by atomic mass is 10.1. The lowest BCUT2D eigenvalue weighted by Crippen LogP contribution is -2.45. The van der Waals surface area contributed by atoms with Crippen LogP contribution in [0.3, 0.4) is 0 Å². The molecule has 16 heavy (non-hydrogen) atoms. The first-order chi connectivity index (χ1) is 7.54. The maximum atomic E-state index is 5.84. The molecule has 0 aliphatic carbocycles. The van der Waals surface area contributed by atoms with Crippen LogP contribution in [0.25, 0.3) is 0 Å². The second kappa shape index (κ2) is 4.34. The molecule has 0 amide bonds. The van der Waals surface area contributed by atoms with E-state index in [2.05, 4.69) is 26.1 Å². The summed E-state index contributed by atoms with van der Waals surface area (Å²) < 4.78 is 11.5. The van der Waals surface area contributed by atoms with Gasteiger partial charge in [0.2, 0.25) is 0 Å². The third-order valence-corrected chi connectivity index (χ3v) is 2.43. The van der Waals surface area contributed by atoms with Crippen LogP contribution in [0, 0.1) is 0 Å². The van der Waals surface area contributed by atoms with Gasteiger partial charge in [-0.2, -0.15) is 0 Å². The highest BCUT2D eigenvalue weighted by Crippen LogP contribution is 2.30. The molecular weight excluding hydrogens is 202 g/mol. The first-order valence-corrected chi connectivity index (χ1v) is 5.68. The highest BCUT2D eigenvalue weighted by molar-refractivity contribution is 5.40. The van der Waals surface area contributed by atoms with Gasteiger partial charge in [-0.3, -0.25) is 0 Å². The van der Waals surface area contributed by atoms with Crippen LogP contribution in [0.4, 0.5) is 0 Å². The lowest BCUT2D eigenvalue weighted by molar-refractivity contribution is 0.0855. The predicted octanol–water partition coefficient (Wildman–Crippen LogP) is 2.21. The van der Waals surface area contributed by atoms with Crippen LogP contribution < -0.4 is 14.8 Å². The van der Waals surface area contributed by atoms with Crippen molar-refractivity contribution in [3.05, 3.63) is 24.3 Å². The monoisotopic (exact) mass is 221 g/mol. The zero-order valence-electron chi connectivity index (χ0n) is 10.1.